The van der Waals surface area contributed by atoms with Crippen molar-refractivity contribution in [3.63, 3.8) is 0 Å². The van der Waals surface area contributed by atoms with Crippen molar-refractivity contribution >= 4 is 27.3 Å². The van der Waals surface area contributed by atoms with Crippen LogP contribution in [-0.4, -0.2) is 20.9 Å². The van der Waals surface area contributed by atoms with Crippen molar-refractivity contribution in [2.24, 2.45) is 0 Å². The average Bonchev–Trinajstić information content (AvgIpc) is 2.73. The van der Waals surface area contributed by atoms with E-state index in [0.717, 1.165) is 9.87 Å². The first-order valence-electron chi connectivity index (χ1n) is 9.82. The van der Waals surface area contributed by atoms with Crippen molar-refractivity contribution in [2.45, 2.75) is 31.6 Å². The van der Waals surface area contributed by atoms with E-state index in [2.05, 4.69) is 19.2 Å². The first kappa shape index (κ1) is 21.6. The van der Waals surface area contributed by atoms with Gasteiger partial charge in [0.25, 0.3) is 10.0 Å². The largest absolute Gasteiger partial charge is 0.325 e. The number of rotatable bonds is 7. The Morgan fingerprint density at radius 1 is 0.900 bits per heavy atom. The second-order valence-electron chi connectivity index (χ2n) is 7.44. The Morgan fingerprint density at radius 3 is 2.10 bits per heavy atom. The second kappa shape index (κ2) is 9.13. The SMILES string of the molecule is Cc1ccccc1N(CC(=O)Nc1ccc(C(C)C)cc1)S(=O)(=O)c1ccccc1. The summed E-state index contributed by atoms with van der Waals surface area (Å²) >= 11 is 0. The molecule has 0 spiro atoms. The molecule has 0 aliphatic rings. The van der Waals surface area contributed by atoms with E-state index in [4.69, 9.17) is 0 Å². The van der Waals surface area contributed by atoms with Gasteiger partial charge in [-0.3, -0.25) is 9.10 Å². The Morgan fingerprint density at radius 2 is 1.50 bits per heavy atom. The van der Waals surface area contributed by atoms with Crippen LogP contribution in [0.25, 0.3) is 0 Å². The monoisotopic (exact) mass is 422 g/mol. The van der Waals surface area contributed by atoms with Crippen molar-refractivity contribution in [3.05, 3.63) is 90.0 Å². The van der Waals surface area contributed by atoms with E-state index in [1.165, 1.54) is 17.7 Å². The molecule has 3 aromatic rings. The van der Waals surface area contributed by atoms with Gasteiger partial charge in [0, 0.05) is 5.69 Å². The van der Waals surface area contributed by atoms with Crippen LogP contribution in [-0.2, 0) is 14.8 Å². The van der Waals surface area contributed by atoms with Gasteiger partial charge in [-0.1, -0.05) is 62.4 Å². The number of benzene rings is 3. The van der Waals surface area contributed by atoms with Gasteiger partial charge in [-0.2, -0.15) is 0 Å². The van der Waals surface area contributed by atoms with Crippen molar-refractivity contribution in [1.29, 1.82) is 0 Å². The summed E-state index contributed by atoms with van der Waals surface area (Å²) in [5.74, 6) is -0.0163. The van der Waals surface area contributed by atoms with Crippen LogP contribution in [0.3, 0.4) is 0 Å². The Labute approximate surface area is 178 Å². The van der Waals surface area contributed by atoms with Crippen LogP contribution in [0.1, 0.15) is 30.9 Å². The van der Waals surface area contributed by atoms with Crippen molar-refractivity contribution in [3.8, 4) is 0 Å². The molecule has 1 amide bonds. The summed E-state index contributed by atoms with van der Waals surface area (Å²) < 4.78 is 27.8. The normalized spacial score (nSPS) is 11.3. The number of amides is 1. The van der Waals surface area contributed by atoms with E-state index in [0.29, 0.717) is 17.3 Å². The molecule has 3 aromatic carbocycles. The van der Waals surface area contributed by atoms with Crippen LogP contribution in [0.4, 0.5) is 11.4 Å². The molecule has 6 heteroatoms. The first-order chi connectivity index (χ1) is 14.3. The standard InChI is InChI=1S/C24H26N2O3S/c1-18(2)20-13-15-21(16-14-20)25-24(27)17-26(23-12-8-7-9-19(23)3)30(28,29)22-10-5-4-6-11-22/h4-16,18H,17H2,1-3H3,(H,25,27). The molecule has 0 fully saturated rings. The third kappa shape index (κ3) is 4.89. The number of anilines is 2. The minimum Gasteiger partial charge on any atom is -0.325 e. The molecule has 1 N–H and O–H groups in total. The number of nitrogens with zero attached hydrogens (tertiary/aromatic N) is 1. The van der Waals surface area contributed by atoms with E-state index < -0.39 is 15.9 Å². The van der Waals surface area contributed by atoms with E-state index in [1.807, 2.05) is 43.3 Å². The molecule has 156 valence electrons. The van der Waals surface area contributed by atoms with Crippen molar-refractivity contribution in [1.82, 2.24) is 0 Å². The lowest BCUT2D eigenvalue weighted by atomic mass is 10.0. The van der Waals surface area contributed by atoms with Crippen LogP contribution in [0, 0.1) is 6.92 Å². The molecule has 0 aliphatic heterocycles. The minimum atomic E-state index is -3.91. The fourth-order valence-electron chi connectivity index (χ4n) is 3.14. The zero-order valence-electron chi connectivity index (χ0n) is 17.4. The van der Waals surface area contributed by atoms with Gasteiger partial charge in [0.2, 0.25) is 5.91 Å². The average molecular weight is 423 g/mol. The van der Waals surface area contributed by atoms with E-state index >= 15 is 0 Å². The highest BCUT2D eigenvalue weighted by molar-refractivity contribution is 7.92. The molecule has 0 aliphatic carbocycles. The fourth-order valence-corrected chi connectivity index (χ4v) is 4.65. The zero-order valence-corrected chi connectivity index (χ0v) is 18.2. The number of para-hydroxylation sites is 1. The number of sulfonamides is 1. The zero-order chi connectivity index (χ0) is 21.7. The summed E-state index contributed by atoms with van der Waals surface area (Å²) in [7, 11) is -3.91. The maximum absolute atomic E-state index is 13.3. The predicted octanol–water partition coefficient (Wildman–Crippen LogP) is 4.95. The maximum atomic E-state index is 13.3. The Balaban J connectivity index is 1.89. The van der Waals surface area contributed by atoms with Gasteiger partial charge >= 0.3 is 0 Å². The second-order valence-corrected chi connectivity index (χ2v) is 9.30. The van der Waals surface area contributed by atoms with E-state index in [9.17, 15) is 13.2 Å². The lowest BCUT2D eigenvalue weighted by molar-refractivity contribution is -0.114. The molecule has 0 heterocycles. The van der Waals surface area contributed by atoms with Gasteiger partial charge in [0.1, 0.15) is 6.54 Å². The molecular formula is C24H26N2O3S. The molecule has 0 unspecified atom stereocenters. The number of hydrogen-bond acceptors (Lipinski definition) is 3. The van der Waals surface area contributed by atoms with Gasteiger partial charge in [-0.05, 0) is 54.3 Å². The number of carbonyl (C=O) groups is 1. The molecule has 0 bridgehead atoms. The number of carbonyl (C=O) groups excluding carboxylic acids is 1. The van der Waals surface area contributed by atoms with Gasteiger partial charge in [-0.25, -0.2) is 8.42 Å². The van der Waals surface area contributed by atoms with Crippen molar-refractivity contribution in [2.75, 3.05) is 16.2 Å². The summed E-state index contributed by atoms with van der Waals surface area (Å²) in [6.45, 7) is 5.70. The number of aryl methyl sites for hydroxylation is 1. The molecule has 0 aromatic heterocycles. The van der Waals surface area contributed by atoms with Gasteiger partial charge in [0.15, 0.2) is 0 Å². The summed E-state index contributed by atoms with van der Waals surface area (Å²) in [6.07, 6.45) is 0. The number of hydrogen-bond donors (Lipinski definition) is 1. The van der Waals surface area contributed by atoms with Crippen molar-refractivity contribution < 1.29 is 13.2 Å². The highest BCUT2D eigenvalue weighted by Crippen LogP contribution is 2.26. The van der Waals surface area contributed by atoms with E-state index in [-0.39, 0.29) is 11.4 Å². The minimum absolute atomic E-state index is 0.141. The van der Waals surface area contributed by atoms with Gasteiger partial charge < -0.3 is 5.32 Å². The van der Waals surface area contributed by atoms with Crippen LogP contribution in [0.5, 0.6) is 0 Å². The highest BCUT2D eigenvalue weighted by Gasteiger charge is 2.28. The fraction of sp³-hybridized carbons (Fsp3) is 0.208. The molecule has 0 saturated heterocycles. The molecule has 30 heavy (non-hydrogen) atoms. The quantitative estimate of drug-likeness (QED) is 0.586. The predicted molar refractivity (Wildman–Crippen MR) is 121 cm³/mol. The Hall–Kier alpha value is -3.12. The Bertz CT molecular complexity index is 1110. The summed E-state index contributed by atoms with van der Waals surface area (Å²) in [5, 5.41) is 2.81. The van der Waals surface area contributed by atoms with Crippen LogP contribution < -0.4 is 9.62 Å². The van der Waals surface area contributed by atoms with Gasteiger partial charge in [0.05, 0.1) is 10.6 Å². The maximum Gasteiger partial charge on any atom is 0.264 e. The summed E-state index contributed by atoms with van der Waals surface area (Å²) in [4.78, 5) is 12.9. The number of nitrogens with one attached hydrogen (secondary N) is 1. The topological polar surface area (TPSA) is 66.5 Å². The molecule has 5 nitrogen and oxygen atoms in total. The van der Waals surface area contributed by atoms with E-state index in [1.54, 1.807) is 30.3 Å². The smallest absolute Gasteiger partial charge is 0.264 e. The van der Waals surface area contributed by atoms with Crippen LogP contribution in [0.15, 0.2) is 83.8 Å². The molecule has 0 atom stereocenters. The Kier molecular flexibility index (Phi) is 6.57. The molecular weight excluding hydrogens is 396 g/mol. The van der Waals surface area contributed by atoms with Gasteiger partial charge in [-0.15, -0.1) is 0 Å². The lowest BCUT2D eigenvalue weighted by Gasteiger charge is -2.25. The highest BCUT2D eigenvalue weighted by atomic mass is 32.2. The summed E-state index contributed by atoms with van der Waals surface area (Å²) in [6, 6.07) is 22.9. The molecule has 0 radical (unpaired) electrons. The third-order valence-electron chi connectivity index (χ3n) is 4.86. The third-order valence-corrected chi connectivity index (χ3v) is 6.64. The first-order valence-corrected chi connectivity index (χ1v) is 11.3. The molecule has 0 saturated carbocycles. The lowest BCUT2D eigenvalue weighted by Crippen LogP contribution is -2.38. The van der Waals surface area contributed by atoms with Crippen LogP contribution in [0.2, 0.25) is 0 Å². The van der Waals surface area contributed by atoms with Crippen LogP contribution >= 0.6 is 0 Å². The molecule has 3 rings (SSSR count). The summed E-state index contributed by atoms with van der Waals surface area (Å²) in [5.41, 5.74) is 3.05.